The summed E-state index contributed by atoms with van der Waals surface area (Å²) in [4.78, 5) is 14.6. The summed E-state index contributed by atoms with van der Waals surface area (Å²) in [5, 5.41) is 9.79. The number of carbonyl (C=O) groups excluding carboxylic acids is 1. The molecule has 1 aliphatic carbocycles. The fourth-order valence-corrected chi connectivity index (χ4v) is 4.10. The summed E-state index contributed by atoms with van der Waals surface area (Å²) in [5.41, 5.74) is 2.18. The van der Waals surface area contributed by atoms with Gasteiger partial charge >= 0.3 is 0 Å². The topological polar surface area (TPSA) is 40.5 Å². The molecule has 1 saturated carbocycles. The highest BCUT2D eigenvalue weighted by molar-refractivity contribution is 5.94. The molecule has 126 valence electrons. The summed E-state index contributed by atoms with van der Waals surface area (Å²) in [7, 11) is 0. The Balaban J connectivity index is 1.65. The van der Waals surface area contributed by atoms with Gasteiger partial charge < -0.3 is 10.0 Å². The van der Waals surface area contributed by atoms with Crippen molar-refractivity contribution >= 4 is 5.91 Å². The Morgan fingerprint density at radius 1 is 1.09 bits per heavy atom. The Hall–Kier alpha value is -1.35. The quantitative estimate of drug-likeness (QED) is 0.917. The maximum atomic E-state index is 12.7. The number of nitrogens with zero attached hydrogens (tertiary/aromatic N) is 1. The molecule has 1 heterocycles. The van der Waals surface area contributed by atoms with E-state index in [0.29, 0.717) is 12.5 Å². The molecule has 3 heteroatoms. The highest BCUT2D eigenvalue weighted by Gasteiger charge is 2.27. The minimum Gasteiger partial charge on any atom is -0.393 e. The van der Waals surface area contributed by atoms with Crippen LogP contribution in [0.4, 0.5) is 0 Å². The van der Waals surface area contributed by atoms with Crippen molar-refractivity contribution in [2.75, 3.05) is 13.1 Å². The molecule has 0 radical (unpaired) electrons. The van der Waals surface area contributed by atoms with E-state index in [2.05, 4.69) is 12.1 Å². The molecule has 3 rings (SSSR count). The van der Waals surface area contributed by atoms with Crippen LogP contribution in [0.5, 0.6) is 0 Å². The lowest BCUT2D eigenvalue weighted by Gasteiger charge is -2.34. The molecule has 2 aliphatic rings. The van der Waals surface area contributed by atoms with E-state index in [1.54, 1.807) is 0 Å². The lowest BCUT2D eigenvalue weighted by atomic mass is 9.84. The Morgan fingerprint density at radius 2 is 1.78 bits per heavy atom. The van der Waals surface area contributed by atoms with Crippen LogP contribution >= 0.6 is 0 Å². The lowest BCUT2D eigenvalue weighted by molar-refractivity contribution is 0.0466. The first kappa shape index (κ1) is 16.5. The summed E-state index contributed by atoms with van der Waals surface area (Å²) in [6.07, 6.45) is 8.28. The van der Waals surface area contributed by atoms with Crippen LogP contribution in [0, 0.1) is 5.92 Å². The molecule has 1 aromatic rings. The molecule has 0 aromatic heterocycles. The standard InChI is InChI=1S/C20H29NO2/c1-15(22)19-8-5-13-21(14-19)20(23)18-11-9-17(10-12-18)16-6-3-2-4-7-16/h9-12,15-16,19,22H,2-8,13-14H2,1H3. The number of hydrogen-bond acceptors (Lipinski definition) is 2. The summed E-state index contributed by atoms with van der Waals surface area (Å²) in [6.45, 7) is 3.32. The number of carbonyl (C=O) groups is 1. The Kier molecular flexibility index (Phi) is 5.37. The van der Waals surface area contributed by atoms with Gasteiger partial charge in [-0.2, -0.15) is 0 Å². The molecule has 1 amide bonds. The molecule has 0 bridgehead atoms. The van der Waals surface area contributed by atoms with Gasteiger partial charge in [-0.1, -0.05) is 31.4 Å². The van der Waals surface area contributed by atoms with Crippen LogP contribution < -0.4 is 0 Å². The molecule has 1 aromatic carbocycles. The fourth-order valence-electron chi connectivity index (χ4n) is 4.10. The number of benzene rings is 1. The van der Waals surface area contributed by atoms with Crippen LogP contribution in [0.25, 0.3) is 0 Å². The van der Waals surface area contributed by atoms with Gasteiger partial charge in [0, 0.05) is 24.6 Å². The smallest absolute Gasteiger partial charge is 0.253 e. The van der Waals surface area contributed by atoms with E-state index >= 15 is 0 Å². The van der Waals surface area contributed by atoms with Crippen molar-refractivity contribution in [2.45, 2.75) is 63.9 Å². The molecule has 23 heavy (non-hydrogen) atoms. The average Bonchev–Trinajstić information content (AvgIpc) is 2.62. The monoisotopic (exact) mass is 315 g/mol. The third-order valence-electron chi connectivity index (χ3n) is 5.66. The number of rotatable bonds is 3. The fraction of sp³-hybridized carbons (Fsp3) is 0.650. The number of hydrogen-bond donors (Lipinski definition) is 1. The molecule has 2 atom stereocenters. The van der Waals surface area contributed by atoms with Crippen LogP contribution in [-0.4, -0.2) is 35.1 Å². The lowest BCUT2D eigenvalue weighted by Crippen LogP contribution is -2.42. The first-order chi connectivity index (χ1) is 11.1. The van der Waals surface area contributed by atoms with Crippen molar-refractivity contribution in [2.24, 2.45) is 5.92 Å². The van der Waals surface area contributed by atoms with Gasteiger partial charge in [-0.05, 0) is 56.2 Å². The Bertz CT molecular complexity index is 517. The van der Waals surface area contributed by atoms with E-state index in [4.69, 9.17) is 0 Å². The molecule has 1 saturated heterocycles. The van der Waals surface area contributed by atoms with Crippen LogP contribution in [0.3, 0.4) is 0 Å². The summed E-state index contributed by atoms with van der Waals surface area (Å²) in [5.74, 6) is 1.02. The maximum Gasteiger partial charge on any atom is 0.253 e. The molecule has 0 spiro atoms. The molecular formula is C20H29NO2. The average molecular weight is 315 g/mol. The highest BCUT2D eigenvalue weighted by Crippen LogP contribution is 2.32. The normalized spacial score (nSPS) is 24.4. The summed E-state index contributed by atoms with van der Waals surface area (Å²) >= 11 is 0. The summed E-state index contributed by atoms with van der Waals surface area (Å²) < 4.78 is 0. The second kappa shape index (κ2) is 7.48. The van der Waals surface area contributed by atoms with Crippen molar-refractivity contribution in [1.82, 2.24) is 4.90 Å². The number of likely N-dealkylation sites (tertiary alicyclic amines) is 1. The van der Waals surface area contributed by atoms with Crippen molar-refractivity contribution in [1.29, 1.82) is 0 Å². The Labute approximate surface area is 139 Å². The second-order valence-corrected chi connectivity index (χ2v) is 7.35. The predicted molar refractivity (Wildman–Crippen MR) is 92.6 cm³/mol. The molecule has 2 fully saturated rings. The van der Waals surface area contributed by atoms with Gasteiger partial charge in [0.2, 0.25) is 0 Å². The molecule has 2 unspecified atom stereocenters. The zero-order valence-corrected chi connectivity index (χ0v) is 14.2. The third kappa shape index (κ3) is 3.95. The van der Waals surface area contributed by atoms with Crippen LogP contribution in [0.2, 0.25) is 0 Å². The largest absolute Gasteiger partial charge is 0.393 e. The van der Waals surface area contributed by atoms with Gasteiger partial charge in [0.25, 0.3) is 5.91 Å². The molecule has 1 aliphatic heterocycles. The van der Waals surface area contributed by atoms with Gasteiger partial charge in [0.15, 0.2) is 0 Å². The molecule has 1 N–H and O–H groups in total. The van der Waals surface area contributed by atoms with Crippen LogP contribution in [-0.2, 0) is 0 Å². The van der Waals surface area contributed by atoms with E-state index in [1.807, 2.05) is 24.0 Å². The van der Waals surface area contributed by atoms with E-state index in [1.165, 1.54) is 37.7 Å². The van der Waals surface area contributed by atoms with Crippen molar-refractivity contribution in [3.63, 3.8) is 0 Å². The minimum atomic E-state index is -0.334. The second-order valence-electron chi connectivity index (χ2n) is 7.35. The van der Waals surface area contributed by atoms with Gasteiger partial charge in [0.05, 0.1) is 6.10 Å². The van der Waals surface area contributed by atoms with E-state index in [-0.39, 0.29) is 17.9 Å². The number of piperidine rings is 1. The summed E-state index contributed by atoms with van der Waals surface area (Å²) in [6, 6.07) is 8.30. The number of aliphatic hydroxyl groups is 1. The van der Waals surface area contributed by atoms with Crippen LogP contribution in [0.15, 0.2) is 24.3 Å². The maximum absolute atomic E-state index is 12.7. The Morgan fingerprint density at radius 3 is 2.43 bits per heavy atom. The predicted octanol–water partition coefficient (Wildman–Crippen LogP) is 3.97. The SMILES string of the molecule is CC(O)C1CCCN(C(=O)c2ccc(C3CCCCC3)cc2)C1. The van der Waals surface area contributed by atoms with Crippen molar-refractivity contribution in [3.05, 3.63) is 35.4 Å². The zero-order valence-electron chi connectivity index (χ0n) is 14.2. The first-order valence-corrected chi connectivity index (χ1v) is 9.22. The first-order valence-electron chi connectivity index (χ1n) is 9.22. The number of amides is 1. The van der Waals surface area contributed by atoms with Crippen molar-refractivity contribution < 1.29 is 9.90 Å². The van der Waals surface area contributed by atoms with E-state index < -0.39 is 0 Å². The molecule has 3 nitrogen and oxygen atoms in total. The minimum absolute atomic E-state index is 0.116. The number of aliphatic hydroxyl groups excluding tert-OH is 1. The van der Waals surface area contributed by atoms with Crippen LogP contribution in [0.1, 0.15) is 73.7 Å². The van der Waals surface area contributed by atoms with Gasteiger partial charge in [-0.3, -0.25) is 4.79 Å². The molecular weight excluding hydrogens is 286 g/mol. The van der Waals surface area contributed by atoms with E-state index in [9.17, 15) is 9.90 Å². The third-order valence-corrected chi connectivity index (χ3v) is 5.66. The van der Waals surface area contributed by atoms with Crippen molar-refractivity contribution in [3.8, 4) is 0 Å². The van der Waals surface area contributed by atoms with Gasteiger partial charge in [0.1, 0.15) is 0 Å². The van der Waals surface area contributed by atoms with Gasteiger partial charge in [-0.15, -0.1) is 0 Å². The highest BCUT2D eigenvalue weighted by atomic mass is 16.3. The zero-order chi connectivity index (χ0) is 16.2. The van der Waals surface area contributed by atoms with E-state index in [0.717, 1.165) is 24.9 Å². The van der Waals surface area contributed by atoms with Gasteiger partial charge in [-0.25, -0.2) is 0 Å².